The third-order valence-corrected chi connectivity index (χ3v) is 2.34. The maximum atomic E-state index is 4.30. The van der Waals surface area contributed by atoms with E-state index >= 15 is 0 Å². The molecule has 3 nitrogen and oxygen atoms in total. The van der Waals surface area contributed by atoms with Gasteiger partial charge in [0.05, 0.1) is 5.56 Å². The number of rotatable bonds is 1. The molecule has 2 heterocycles. The van der Waals surface area contributed by atoms with Crippen LogP contribution >= 0.6 is 0 Å². The van der Waals surface area contributed by atoms with Gasteiger partial charge in [-0.1, -0.05) is 0 Å². The van der Waals surface area contributed by atoms with Gasteiger partial charge in [0.25, 0.3) is 0 Å². The summed E-state index contributed by atoms with van der Waals surface area (Å²) < 4.78 is 1.90. The molecule has 1 aliphatic rings. The van der Waals surface area contributed by atoms with E-state index in [-0.39, 0.29) is 0 Å². The third kappa shape index (κ3) is 1.41. The van der Waals surface area contributed by atoms with Crippen molar-refractivity contribution in [1.82, 2.24) is 4.98 Å². The topological polar surface area (TPSA) is 27.9 Å². The molecule has 0 atom stereocenters. The summed E-state index contributed by atoms with van der Waals surface area (Å²) in [7, 11) is 1.96. The van der Waals surface area contributed by atoms with Crippen LogP contribution in [0.3, 0.4) is 0 Å². The second-order valence-electron chi connectivity index (χ2n) is 3.39. The van der Waals surface area contributed by atoms with Crippen LogP contribution in [0.2, 0.25) is 0 Å². The maximum absolute atomic E-state index is 4.30. The summed E-state index contributed by atoms with van der Waals surface area (Å²) in [5, 5.41) is 3.29. The first-order chi connectivity index (χ1) is 6.29. The number of anilines is 1. The fraction of sp³-hybridized carbons (Fsp3) is 0.400. The van der Waals surface area contributed by atoms with Crippen molar-refractivity contribution in [2.75, 3.05) is 18.9 Å². The Kier molecular flexibility index (Phi) is 2.00. The highest BCUT2D eigenvalue weighted by molar-refractivity contribution is 5.57. The molecule has 1 aromatic rings. The maximum Gasteiger partial charge on any atom is 0.212 e. The molecule has 0 amide bonds. The third-order valence-electron chi connectivity index (χ3n) is 2.34. The summed E-state index contributed by atoms with van der Waals surface area (Å²) >= 11 is 0. The molecular formula is C10H14N3+. The molecule has 0 fully saturated rings. The quantitative estimate of drug-likeness (QED) is 0.517. The Balaban J connectivity index is 2.52. The zero-order valence-electron chi connectivity index (χ0n) is 7.88. The lowest BCUT2D eigenvalue weighted by Crippen LogP contribution is -2.14. The summed E-state index contributed by atoms with van der Waals surface area (Å²) in [6, 6.07) is 2.01. The average Bonchev–Trinajstić information content (AvgIpc) is 2.17. The van der Waals surface area contributed by atoms with Crippen molar-refractivity contribution in [3.8, 4) is 0 Å². The molecule has 0 saturated carbocycles. The molecule has 1 aromatic heterocycles. The van der Waals surface area contributed by atoms with Crippen LogP contribution in [0.15, 0.2) is 12.3 Å². The van der Waals surface area contributed by atoms with Gasteiger partial charge < -0.3 is 5.32 Å². The molecule has 1 aliphatic heterocycles. The fourth-order valence-electron chi connectivity index (χ4n) is 1.71. The molecule has 0 saturated heterocycles. The highest BCUT2D eigenvalue weighted by Gasteiger charge is 2.17. The minimum absolute atomic E-state index is 1.03. The summed E-state index contributed by atoms with van der Waals surface area (Å²) in [6.07, 6.45) is 4.11. The largest absolute Gasteiger partial charge is 0.370 e. The normalized spacial score (nSPS) is 14.5. The minimum atomic E-state index is 1.03. The van der Waals surface area contributed by atoms with Crippen LogP contribution < -0.4 is 5.32 Å². The van der Waals surface area contributed by atoms with E-state index in [1.54, 1.807) is 0 Å². The number of nitrogens with zero attached hydrogens (tertiary/aromatic N) is 2. The number of hydrogen-bond donors (Lipinski definition) is 1. The van der Waals surface area contributed by atoms with Gasteiger partial charge in [0.1, 0.15) is 19.6 Å². The van der Waals surface area contributed by atoms with Crippen LogP contribution in [0.5, 0.6) is 0 Å². The monoisotopic (exact) mass is 176 g/mol. The van der Waals surface area contributed by atoms with Crippen molar-refractivity contribution < 1.29 is 4.58 Å². The smallest absolute Gasteiger partial charge is 0.212 e. The Hall–Kier alpha value is -1.38. The molecule has 3 heteroatoms. The van der Waals surface area contributed by atoms with E-state index in [4.69, 9.17) is 0 Å². The van der Waals surface area contributed by atoms with Gasteiger partial charge in [-0.05, 0) is 12.8 Å². The van der Waals surface area contributed by atoms with E-state index in [9.17, 15) is 0 Å². The van der Waals surface area contributed by atoms with Gasteiger partial charge in [0.2, 0.25) is 5.69 Å². The molecule has 0 bridgehead atoms. The second-order valence-corrected chi connectivity index (χ2v) is 3.39. The van der Waals surface area contributed by atoms with Crippen LogP contribution in [0.25, 0.3) is 0 Å². The van der Waals surface area contributed by atoms with E-state index < -0.39 is 0 Å². The van der Waals surface area contributed by atoms with Gasteiger partial charge in [-0.25, -0.2) is 9.56 Å². The van der Waals surface area contributed by atoms with Crippen molar-refractivity contribution in [3.05, 3.63) is 17.8 Å². The van der Waals surface area contributed by atoms with Crippen molar-refractivity contribution in [3.63, 3.8) is 0 Å². The van der Waals surface area contributed by atoms with Crippen LogP contribution in [0.1, 0.15) is 12.0 Å². The second kappa shape index (κ2) is 3.17. The SMILES string of the molecule is C=[N+](C)c1ccnc2c1CCCN2. The molecule has 0 radical (unpaired) electrons. The highest BCUT2D eigenvalue weighted by Crippen LogP contribution is 2.27. The number of fused-ring (bicyclic) bond motifs is 1. The van der Waals surface area contributed by atoms with Crippen molar-refractivity contribution in [1.29, 1.82) is 0 Å². The van der Waals surface area contributed by atoms with Crippen molar-refractivity contribution >= 4 is 18.2 Å². The first kappa shape index (κ1) is 8.23. The zero-order valence-corrected chi connectivity index (χ0v) is 7.88. The number of hydrogen-bond acceptors (Lipinski definition) is 2. The minimum Gasteiger partial charge on any atom is -0.370 e. The molecule has 0 spiro atoms. The zero-order chi connectivity index (χ0) is 9.26. The molecule has 2 rings (SSSR count). The lowest BCUT2D eigenvalue weighted by atomic mass is 10.1. The van der Waals surface area contributed by atoms with Crippen LogP contribution in [-0.4, -0.2) is 29.9 Å². The average molecular weight is 176 g/mol. The van der Waals surface area contributed by atoms with Crippen molar-refractivity contribution in [2.45, 2.75) is 12.8 Å². The Morgan fingerprint density at radius 1 is 1.62 bits per heavy atom. The fourth-order valence-corrected chi connectivity index (χ4v) is 1.71. The summed E-state index contributed by atoms with van der Waals surface area (Å²) in [6.45, 7) is 4.93. The highest BCUT2D eigenvalue weighted by atomic mass is 15.0. The van der Waals surface area contributed by atoms with E-state index in [2.05, 4.69) is 17.0 Å². The molecule has 1 N–H and O–H groups in total. The standard InChI is InChI=1S/C10H14N3/c1-13(2)9-5-7-12-10-8(9)4-3-6-11-10/h5,7H,1,3-4,6H2,2H3,(H,11,12)/q+1. The van der Waals surface area contributed by atoms with Gasteiger partial charge in [-0.3, -0.25) is 0 Å². The Morgan fingerprint density at radius 2 is 2.46 bits per heavy atom. The van der Waals surface area contributed by atoms with Crippen molar-refractivity contribution in [2.24, 2.45) is 0 Å². The molecular weight excluding hydrogens is 162 g/mol. The predicted octanol–water partition coefficient (Wildman–Crippen LogP) is 1.41. The van der Waals surface area contributed by atoms with E-state index in [0.717, 1.165) is 18.8 Å². The predicted molar refractivity (Wildman–Crippen MR) is 54.0 cm³/mol. The summed E-state index contributed by atoms with van der Waals surface area (Å²) in [5.74, 6) is 1.03. The summed E-state index contributed by atoms with van der Waals surface area (Å²) in [4.78, 5) is 4.30. The Morgan fingerprint density at radius 3 is 3.23 bits per heavy atom. The van der Waals surface area contributed by atoms with Gasteiger partial charge in [0, 0.05) is 18.8 Å². The van der Waals surface area contributed by atoms with E-state index in [1.807, 2.05) is 23.9 Å². The Labute approximate surface area is 78.1 Å². The first-order valence-electron chi connectivity index (χ1n) is 4.55. The number of pyridine rings is 1. The van der Waals surface area contributed by atoms with Crippen LogP contribution in [0, 0.1) is 0 Å². The number of aromatic nitrogens is 1. The molecule has 0 aliphatic carbocycles. The first-order valence-corrected chi connectivity index (χ1v) is 4.55. The lowest BCUT2D eigenvalue weighted by Gasteiger charge is -2.16. The lowest BCUT2D eigenvalue weighted by molar-refractivity contribution is -0.395. The molecule has 68 valence electrons. The van der Waals surface area contributed by atoms with Gasteiger partial charge in [-0.15, -0.1) is 0 Å². The van der Waals surface area contributed by atoms with Crippen LogP contribution in [-0.2, 0) is 6.42 Å². The Bertz CT molecular complexity index is 344. The molecule has 0 aromatic carbocycles. The van der Waals surface area contributed by atoms with E-state index in [1.165, 1.54) is 17.7 Å². The van der Waals surface area contributed by atoms with Crippen LogP contribution in [0.4, 0.5) is 11.5 Å². The number of nitrogens with one attached hydrogen (secondary N) is 1. The van der Waals surface area contributed by atoms with Gasteiger partial charge >= 0.3 is 0 Å². The van der Waals surface area contributed by atoms with Gasteiger partial charge in [0.15, 0.2) is 0 Å². The molecule has 13 heavy (non-hydrogen) atoms. The molecule has 0 unspecified atom stereocenters. The van der Waals surface area contributed by atoms with Gasteiger partial charge in [-0.2, -0.15) is 0 Å². The van der Waals surface area contributed by atoms with E-state index in [0.29, 0.717) is 0 Å². The summed E-state index contributed by atoms with van der Waals surface area (Å²) in [5.41, 5.74) is 2.48.